The molecule has 104 valence electrons. The van der Waals surface area contributed by atoms with Gasteiger partial charge in [-0.3, -0.25) is 4.79 Å². The lowest BCUT2D eigenvalue weighted by Gasteiger charge is -1.99. The Bertz CT molecular complexity index is 747. The van der Waals surface area contributed by atoms with E-state index in [2.05, 4.69) is 10.3 Å². The molecule has 0 fully saturated rings. The Morgan fingerprint density at radius 3 is 2.10 bits per heavy atom. The molecule has 3 nitrogen and oxygen atoms in total. The highest BCUT2D eigenvalue weighted by atomic mass is 35.5. The van der Waals surface area contributed by atoms with Crippen LogP contribution in [0.2, 0.25) is 10.0 Å². The van der Waals surface area contributed by atoms with Crippen LogP contribution in [0.15, 0.2) is 59.2 Å². The average Bonchev–Trinajstić information content (AvgIpc) is 2.83. The molecular weight excluding hydrogens is 307 g/mol. The van der Waals surface area contributed by atoms with Gasteiger partial charge in [0.15, 0.2) is 0 Å². The zero-order valence-corrected chi connectivity index (χ0v) is 12.3. The number of carbonyl (C=O) groups is 1. The van der Waals surface area contributed by atoms with Crippen molar-refractivity contribution in [1.82, 2.24) is 5.32 Å². The van der Waals surface area contributed by atoms with Gasteiger partial charge in [0.25, 0.3) is 5.91 Å². The molecule has 1 aliphatic rings. The maximum Gasteiger partial charge on any atom is 0.275 e. The number of hydrogen-bond donors (Lipinski definition) is 1. The zero-order chi connectivity index (χ0) is 14.8. The lowest BCUT2D eigenvalue weighted by molar-refractivity contribution is -0.115. The Morgan fingerprint density at radius 2 is 1.48 bits per heavy atom. The summed E-state index contributed by atoms with van der Waals surface area (Å²) in [6, 6.07) is 14.3. The van der Waals surface area contributed by atoms with Gasteiger partial charge in [-0.1, -0.05) is 35.3 Å². The van der Waals surface area contributed by atoms with Gasteiger partial charge in [-0.25, -0.2) is 4.99 Å². The summed E-state index contributed by atoms with van der Waals surface area (Å²) in [5, 5.41) is 4.04. The molecule has 0 unspecified atom stereocenters. The Kier molecular flexibility index (Phi) is 3.78. The molecule has 2 aromatic rings. The molecule has 5 heteroatoms. The fourth-order valence-electron chi connectivity index (χ4n) is 1.93. The quantitative estimate of drug-likeness (QED) is 0.838. The summed E-state index contributed by atoms with van der Waals surface area (Å²) < 4.78 is 0. The van der Waals surface area contributed by atoms with Crippen molar-refractivity contribution in [1.29, 1.82) is 0 Å². The van der Waals surface area contributed by atoms with Crippen molar-refractivity contribution >= 4 is 41.0 Å². The number of amidine groups is 1. The smallest absolute Gasteiger partial charge is 0.275 e. The first-order chi connectivity index (χ1) is 10.1. The summed E-state index contributed by atoms with van der Waals surface area (Å²) in [7, 11) is 0. The molecule has 1 amide bonds. The summed E-state index contributed by atoms with van der Waals surface area (Å²) in [6.07, 6.45) is 1.72. The van der Waals surface area contributed by atoms with Crippen molar-refractivity contribution in [2.45, 2.75) is 0 Å². The van der Waals surface area contributed by atoms with Crippen molar-refractivity contribution in [3.05, 3.63) is 75.4 Å². The van der Waals surface area contributed by atoms with E-state index >= 15 is 0 Å². The van der Waals surface area contributed by atoms with Crippen molar-refractivity contribution < 1.29 is 4.79 Å². The van der Waals surface area contributed by atoms with E-state index in [1.165, 1.54) is 0 Å². The topological polar surface area (TPSA) is 41.5 Å². The van der Waals surface area contributed by atoms with Crippen molar-refractivity contribution in [3.63, 3.8) is 0 Å². The summed E-state index contributed by atoms with van der Waals surface area (Å²) in [4.78, 5) is 16.3. The van der Waals surface area contributed by atoms with Crippen LogP contribution in [0, 0.1) is 0 Å². The molecule has 0 aliphatic carbocycles. The molecule has 0 saturated heterocycles. The van der Waals surface area contributed by atoms with Crippen molar-refractivity contribution in [2.75, 3.05) is 0 Å². The maximum absolute atomic E-state index is 12.0. The number of nitrogens with one attached hydrogen (secondary N) is 1. The standard InChI is InChI=1S/C16H10Cl2N2O/c17-12-5-1-10(2-6-12)9-14-16(21)20-15(19-14)11-3-7-13(18)8-4-11/h1-9H,(H,19,20,21)/b14-9+. The van der Waals surface area contributed by atoms with Crippen LogP contribution < -0.4 is 5.32 Å². The van der Waals surface area contributed by atoms with Crippen LogP contribution in [-0.2, 0) is 4.79 Å². The second kappa shape index (κ2) is 5.72. The molecule has 1 heterocycles. The molecule has 1 N–H and O–H groups in total. The van der Waals surface area contributed by atoms with E-state index in [9.17, 15) is 4.79 Å². The maximum atomic E-state index is 12.0. The highest BCUT2D eigenvalue weighted by molar-refractivity contribution is 6.31. The molecule has 0 radical (unpaired) electrons. The zero-order valence-electron chi connectivity index (χ0n) is 10.8. The fraction of sp³-hybridized carbons (Fsp3) is 0. The minimum atomic E-state index is -0.227. The number of rotatable bonds is 2. The molecule has 0 atom stereocenters. The highest BCUT2D eigenvalue weighted by Crippen LogP contribution is 2.18. The van der Waals surface area contributed by atoms with Crippen molar-refractivity contribution in [3.8, 4) is 0 Å². The minimum Gasteiger partial charge on any atom is -0.305 e. The second-order valence-corrected chi connectivity index (χ2v) is 5.38. The summed E-state index contributed by atoms with van der Waals surface area (Å²) in [5.41, 5.74) is 2.04. The molecule has 0 spiro atoms. The lowest BCUT2D eigenvalue weighted by atomic mass is 10.2. The van der Waals surface area contributed by atoms with E-state index in [1.54, 1.807) is 30.3 Å². The van der Waals surface area contributed by atoms with E-state index in [0.717, 1.165) is 11.1 Å². The number of benzene rings is 2. The van der Waals surface area contributed by atoms with Gasteiger partial charge in [-0.15, -0.1) is 0 Å². The van der Waals surface area contributed by atoms with Gasteiger partial charge in [0, 0.05) is 15.6 Å². The van der Waals surface area contributed by atoms with Crippen molar-refractivity contribution in [2.24, 2.45) is 4.99 Å². The van der Waals surface area contributed by atoms with E-state index in [1.807, 2.05) is 24.3 Å². The summed E-state index contributed by atoms with van der Waals surface area (Å²) in [6.45, 7) is 0. The molecule has 0 saturated carbocycles. The van der Waals surface area contributed by atoms with E-state index in [4.69, 9.17) is 23.2 Å². The predicted octanol–water partition coefficient (Wildman–Crippen LogP) is 3.91. The van der Waals surface area contributed by atoms with E-state index in [0.29, 0.717) is 21.6 Å². The third kappa shape index (κ3) is 3.15. The van der Waals surface area contributed by atoms with Crippen LogP contribution in [-0.4, -0.2) is 11.7 Å². The van der Waals surface area contributed by atoms with Gasteiger partial charge in [0.05, 0.1) is 0 Å². The number of aliphatic imine (C=N–C) groups is 1. The van der Waals surface area contributed by atoms with Crippen LogP contribution in [0.4, 0.5) is 0 Å². The molecule has 3 rings (SSSR count). The Morgan fingerprint density at radius 1 is 0.905 bits per heavy atom. The summed E-state index contributed by atoms with van der Waals surface area (Å²) in [5.74, 6) is 0.298. The minimum absolute atomic E-state index is 0.227. The normalized spacial score (nSPS) is 16.0. The number of nitrogens with zero attached hydrogens (tertiary/aromatic N) is 1. The van der Waals surface area contributed by atoms with Gasteiger partial charge >= 0.3 is 0 Å². The SMILES string of the molecule is O=C1NC(c2ccc(Cl)cc2)=N/C1=C/c1ccc(Cl)cc1. The van der Waals surface area contributed by atoms with Gasteiger partial charge in [0.1, 0.15) is 11.5 Å². The molecular formula is C16H10Cl2N2O. The fourth-order valence-corrected chi connectivity index (χ4v) is 2.18. The predicted molar refractivity (Wildman–Crippen MR) is 85.6 cm³/mol. The average molecular weight is 317 g/mol. The first kappa shape index (κ1) is 13.9. The Balaban J connectivity index is 1.91. The number of halogens is 2. The lowest BCUT2D eigenvalue weighted by Crippen LogP contribution is -2.24. The van der Waals surface area contributed by atoms with Gasteiger partial charge < -0.3 is 5.32 Å². The Labute approximate surface area is 131 Å². The van der Waals surface area contributed by atoms with Crippen LogP contribution >= 0.6 is 23.2 Å². The van der Waals surface area contributed by atoms with Crippen LogP contribution in [0.3, 0.4) is 0 Å². The molecule has 2 aromatic carbocycles. The molecule has 0 bridgehead atoms. The third-order valence-electron chi connectivity index (χ3n) is 2.99. The second-order valence-electron chi connectivity index (χ2n) is 4.50. The first-order valence-electron chi connectivity index (χ1n) is 6.25. The number of amides is 1. The number of carbonyl (C=O) groups excluding carboxylic acids is 1. The molecule has 1 aliphatic heterocycles. The van der Waals surface area contributed by atoms with Crippen LogP contribution in [0.25, 0.3) is 6.08 Å². The van der Waals surface area contributed by atoms with Crippen LogP contribution in [0.5, 0.6) is 0 Å². The van der Waals surface area contributed by atoms with Gasteiger partial charge in [-0.05, 0) is 48.0 Å². The Hall–Kier alpha value is -2.10. The highest BCUT2D eigenvalue weighted by Gasteiger charge is 2.20. The van der Waals surface area contributed by atoms with E-state index in [-0.39, 0.29) is 5.91 Å². The summed E-state index contributed by atoms with van der Waals surface area (Å²) >= 11 is 11.7. The largest absolute Gasteiger partial charge is 0.305 e. The monoisotopic (exact) mass is 316 g/mol. The third-order valence-corrected chi connectivity index (χ3v) is 3.49. The van der Waals surface area contributed by atoms with Gasteiger partial charge in [-0.2, -0.15) is 0 Å². The first-order valence-corrected chi connectivity index (χ1v) is 7.01. The van der Waals surface area contributed by atoms with Crippen LogP contribution in [0.1, 0.15) is 11.1 Å². The van der Waals surface area contributed by atoms with E-state index < -0.39 is 0 Å². The number of hydrogen-bond acceptors (Lipinski definition) is 2. The molecule has 0 aromatic heterocycles. The molecule has 21 heavy (non-hydrogen) atoms. The van der Waals surface area contributed by atoms with Gasteiger partial charge in [0.2, 0.25) is 0 Å².